The third kappa shape index (κ3) is 6.01. The first kappa shape index (κ1) is 19.7. The summed E-state index contributed by atoms with van der Waals surface area (Å²) in [5.41, 5.74) is 2.90. The molecule has 2 aromatic rings. The summed E-state index contributed by atoms with van der Waals surface area (Å²) in [6, 6.07) is 16.9. The molecule has 3 rings (SSSR count). The van der Waals surface area contributed by atoms with Crippen LogP contribution in [0.15, 0.2) is 54.6 Å². The van der Waals surface area contributed by atoms with E-state index in [0.717, 1.165) is 42.5 Å². The Hall–Kier alpha value is -3.02. The maximum Gasteiger partial charge on any atom is 0.319 e. The molecule has 1 aliphatic carbocycles. The Balaban J connectivity index is 1.50. The van der Waals surface area contributed by atoms with Crippen molar-refractivity contribution in [3.05, 3.63) is 65.7 Å². The molecule has 0 saturated heterocycles. The van der Waals surface area contributed by atoms with Crippen LogP contribution in [0.4, 0.5) is 15.3 Å². The number of aryl methyl sites for hydroxylation is 1. The number of hydrogen-bond donors (Lipinski definition) is 4. The molecule has 4 N–H and O–H groups in total. The minimum Gasteiger partial charge on any atom is -0.334 e. The number of amides is 4. The highest BCUT2D eigenvalue weighted by molar-refractivity contribution is 5.89. The average molecular weight is 380 g/mol. The van der Waals surface area contributed by atoms with Gasteiger partial charge in [0.25, 0.3) is 0 Å². The third-order valence-electron chi connectivity index (χ3n) is 4.97. The molecule has 1 saturated carbocycles. The molecule has 0 bridgehead atoms. The summed E-state index contributed by atoms with van der Waals surface area (Å²) >= 11 is 0. The maximum atomic E-state index is 12.4. The van der Waals surface area contributed by atoms with Gasteiger partial charge in [-0.25, -0.2) is 9.59 Å². The summed E-state index contributed by atoms with van der Waals surface area (Å²) in [6.45, 7) is 2.46. The number of urea groups is 2. The highest BCUT2D eigenvalue weighted by atomic mass is 16.2. The first-order chi connectivity index (χ1) is 13.6. The zero-order valence-corrected chi connectivity index (χ0v) is 16.2. The van der Waals surface area contributed by atoms with Crippen molar-refractivity contribution in [1.29, 1.82) is 0 Å². The molecule has 0 aliphatic heterocycles. The van der Waals surface area contributed by atoms with Gasteiger partial charge < -0.3 is 21.3 Å². The summed E-state index contributed by atoms with van der Waals surface area (Å²) in [7, 11) is 0. The van der Waals surface area contributed by atoms with Gasteiger partial charge in [0.2, 0.25) is 0 Å². The molecular formula is C22H28N4O2. The normalized spacial score (nSPS) is 18.8. The van der Waals surface area contributed by atoms with Crippen molar-refractivity contribution < 1.29 is 9.59 Å². The number of hydrogen-bond acceptors (Lipinski definition) is 2. The van der Waals surface area contributed by atoms with Crippen LogP contribution in [0.1, 0.15) is 36.8 Å². The van der Waals surface area contributed by atoms with Gasteiger partial charge in [0.15, 0.2) is 0 Å². The molecule has 1 fully saturated rings. The van der Waals surface area contributed by atoms with Gasteiger partial charge in [-0.3, -0.25) is 0 Å². The second-order valence-electron chi connectivity index (χ2n) is 7.28. The molecule has 2 unspecified atom stereocenters. The van der Waals surface area contributed by atoms with E-state index in [1.54, 1.807) is 0 Å². The molecule has 0 heterocycles. The molecule has 148 valence electrons. The van der Waals surface area contributed by atoms with Crippen LogP contribution in [0.5, 0.6) is 0 Å². The van der Waals surface area contributed by atoms with Crippen LogP contribution in [-0.4, -0.2) is 24.1 Å². The largest absolute Gasteiger partial charge is 0.334 e. The van der Waals surface area contributed by atoms with E-state index in [2.05, 4.69) is 21.3 Å². The smallest absolute Gasteiger partial charge is 0.319 e. The van der Waals surface area contributed by atoms with E-state index >= 15 is 0 Å². The van der Waals surface area contributed by atoms with Gasteiger partial charge >= 0.3 is 12.1 Å². The zero-order valence-electron chi connectivity index (χ0n) is 16.2. The van der Waals surface area contributed by atoms with Gasteiger partial charge in [-0.15, -0.1) is 0 Å². The Labute approximate surface area is 166 Å². The van der Waals surface area contributed by atoms with Crippen LogP contribution >= 0.6 is 0 Å². The fourth-order valence-corrected chi connectivity index (χ4v) is 3.53. The van der Waals surface area contributed by atoms with E-state index in [0.29, 0.717) is 6.54 Å². The summed E-state index contributed by atoms with van der Waals surface area (Å²) in [5, 5.41) is 11.8. The number of carbonyl (C=O) groups is 2. The monoisotopic (exact) mass is 380 g/mol. The van der Waals surface area contributed by atoms with Gasteiger partial charge in [0.05, 0.1) is 12.1 Å². The molecule has 2 aromatic carbocycles. The molecule has 6 nitrogen and oxygen atoms in total. The molecule has 2 atom stereocenters. The van der Waals surface area contributed by atoms with Gasteiger partial charge in [-0.1, -0.05) is 55.3 Å². The first-order valence-corrected chi connectivity index (χ1v) is 9.82. The fourth-order valence-electron chi connectivity index (χ4n) is 3.53. The minimum absolute atomic E-state index is 0.0761. The summed E-state index contributed by atoms with van der Waals surface area (Å²) in [4.78, 5) is 24.7. The number of benzene rings is 2. The lowest BCUT2D eigenvalue weighted by Gasteiger charge is -2.32. The Morgan fingerprint density at radius 2 is 1.57 bits per heavy atom. The molecule has 0 aromatic heterocycles. The quantitative estimate of drug-likeness (QED) is 0.634. The first-order valence-electron chi connectivity index (χ1n) is 9.82. The predicted octanol–water partition coefficient (Wildman–Crippen LogP) is 3.93. The molecular weight excluding hydrogens is 352 g/mol. The van der Waals surface area contributed by atoms with Crippen LogP contribution in [0.2, 0.25) is 0 Å². The summed E-state index contributed by atoms with van der Waals surface area (Å²) < 4.78 is 0. The van der Waals surface area contributed by atoms with E-state index in [1.807, 2.05) is 61.5 Å². The number of rotatable bonds is 5. The van der Waals surface area contributed by atoms with Crippen LogP contribution < -0.4 is 21.3 Å². The number of carbonyl (C=O) groups excluding carboxylic acids is 2. The van der Waals surface area contributed by atoms with Gasteiger partial charge in [0.1, 0.15) is 0 Å². The second kappa shape index (κ2) is 9.78. The standard InChI is InChI=1S/C22H28N4O2/c1-16-8-7-11-18(14-16)24-22(28)26-20-13-6-5-12-19(20)25-21(27)23-15-17-9-3-2-4-10-17/h2-4,7-11,14,19-20H,5-6,12-13,15H2,1H3,(H2,23,25,27)(H2,24,26,28). The Kier molecular flexibility index (Phi) is 6.89. The van der Waals surface area contributed by atoms with E-state index in [1.165, 1.54) is 0 Å². The second-order valence-corrected chi connectivity index (χ2v) is 7.28. The highest BCUT2D eigenvalue weighted by Gasteiger charge is 2.27. The van der Waals surface area contributed by atoms with Gasteiger partial charge in [-0.05, 0) is 43.0 Å². The minimum atomic E-state index is -0.242. The fraction of sp³-hybridized carbons (Fsp3) is 0.364. The Morgan fingerprint density at radius 1 is 0.893 bits per heavy atom. The Morgan fingerprint density at radius 3 is 2.25 bits per heavy atom. The van der Waals surface area contributed by atoms with Crippen molar-refractivity contribution in [2.45, 2.75) is 51.2 Å². The van der Waals surface area contributed by atoms with Gasteiger partial charge in [0, 0.05) is 12.2 Å². The third-order valence-corrected chi connectivity index (χ3v) is 4.97. The van der Waals surface area contributed by atoms with Crippen molar-refractivity contribution in [3.8, 4) is 0 Å². The van der Waals surface area contributed by atoms with Gasteiger partial charge in [-0.2, -0.15) is 0 Å². The number of anilines is 1. The summed E-state index contributed by atoms with van der Waals surface area (Å²) in [6.07, 6.45) is 3.79. The molecule has 4 amide bonds. The van der Waals surface area contributed by atoms with Crippen molar-refractivity contribution >= 4 is 17.7 Å². The maximum absolute atomic E-state index is 12.4. The van der Waals surface area contributed by atoms with E-state index in [-0.39, 0.29) is 24.1 Å². The lowest BCUT2D eigenvalue weighted by molar-refractivity contribution is 0.218. The van der Waals surface area contributed by atoms with Crippen LogP contribution in [-0.2, 0) is 6.54 Å². The molecule has 1 aliphatic rings. The molecule has 6 heteroatoms. The van der Waals surface area contributed by atoms with Crippen molar-refractivity contribution in [1.82, 2.24) is 16.0 Å². The predicted molar refractivity (Wildman–Crippen MR) is 111 cm³/mol. The Bertz CT molecular complexity index is 794. The van der Waals surface area contributed by atoms with E-state index in [4.69, 9.17) is 0 Å². The number of nitrogens with one attached hydrogen (secondary N) is 4. The van der Waals surface area contributed by atoms with E-state index < -0.39 is 0 Å². The zero-order chi connectivity index (χ0) is 19.8. The van der Waals surface area contributed by atoms with Crippen molar-refractivity contribution in [2.24, 2.45) is 0 Å². The lowest BCUT2D eigenvalue weighted by Crippen LogP contribution is -2.55. The van der Waals surface area contributed by atoms with Crippen LogP contribution in [0.3, 0.4) is 0 Å². The average Bonchev–Trinajstić information content (AvgIpc) is 2.69. The SMILES string of the molecule is Cc1cccc(NC(=O)NC2CCCCC2NC(=O)NCc2ccccc2)c1. The highest BCUT2D eigenvalue weighted by Crippen LogP contribution is 2.19. The molecule has 0 radical (unpaired) electrons. The summed E-state index contributed by atoms with van der Waals surface area (Å²) in [5.74, 6) is 0. The topological polar surface area (TPSA) is 82.3 Å². The molecule has 28 heavy (non-hydrogen) atoms. The van der Waals surface area contributed by atoms with Crippen molar-refractivity contribution in [2.75, 3.05) is 5.32 Å². The van der Waals surface area contributed by atoms with E-state index in [9.17, 15) is 9.59 Å². The van der Waals surface area contributed by atoms with Crippen LogP contribution in [0.25, 0.3) is 0 Å². The van der Waals surface area contributed by atoms with Crippen molar-refractivity contribution in [3.63, 3.8) is 0 Å². The lowest BCUT2D eigenvalue weighted by atomic mass is 9.90. The van der Waals surface area contributed by atoms with Crippen LogP contribution in [0, 0.1) is 6.92 Å². The molecule has 0 spiro atoms.